The minimum Gasteiger partial charge on any atom is -0.322 e. The van der Waals surface area contributed by atoms with Crippen LogP contribution in [0, 0.1) is 0 Å². The molecule has 0 fully saturated rings. The standard InChI is InChI=1S/C14H13ClN2O3S/c15-9-10-4-6-11(7-5-10)14(18)17-12-2-1-3-13(8-12)21(16,19)20/h1-8H,9H2,(H,17,18)(H2,16,19,20). The Balaban J connectivity index is 2.19. The lowest BCUT2D eigenvalue weighted by atomic mass is 10.1. The molecule has 0 atom stereocenters. The molecule has 1 amide bonds. The van der Waals surface area contributed by atoms with E-state index in [1.807, 2.05) is 0 Å². The van der Waals surface area contributed by atoms with Crippen molar-refractivity contribution in [1.29, 1.82) is 0 Å². The fraction of sp³-hybridized carbons (Fsp3) is 0.0714. The Morgan fingerprint density at radius 2 is 1.81 bits per heavy atom. The Hall–Kier alpha value is -1.89. The normalized spacial score (nSPS) is 11.1. The highest BCUT2D eigenvalue weighted by Crippen LogP contribution is 2.15. The van der Waals surface area contributed by atoms with Crippen LogP contribution in [0.1, 0.15) is 15.9 Å². The highest BCUT2D eigenvalue weighted by atomic mass is 35.5. The summed E-state index contributed by atoms with van der Waals surface area (Å²) >= 11 is 5.68. The summed E-state index contributed by atoms with van der Waals surface area (Å²) in [6.07, 6.45) is 0. The van der Waals surface area contributed by atoms with Gasteiger partial charge in [-0.15, -0.1) is 11.6 Å². The highest BCUT2D eigenvalue weighted by molar-refractivity contribution is 7.89. The second-order valence-corrected chi connectivity index (χ2v) is 6.19. The Morgan fingerprint density at radius 1 is 1.14 bits per heavy atom. The largest absolute Gasteiger partial charge is 0.322 e. The van der Waals surface area contributed by atoms with E-state index in [2.05, 4.69) is 5.32 Å². The van der Waals surface area contributed by atoms with E-state index in [4.69, 9.17) is 16.7 Å². The molecule has 0 saturated heterocycles. The van der Waals surface area contributed by atoms with Crippen molar-refractivity contribution >= 4 is 33.2 Å². The van der Waals surface area contributed by atoms with Gasteiger partial charge in [0.1, 0.15) is 0 Å². The molecule has 0 aliphatic heterocycles. The molecule has 2 rings (SSSR count). The Labute approximate surface area is 127 Å². The highest BCUT2D eigenvalue weighted by Gasteiger charge is 2.10. The first-order chi connectivity index (χ1) is 9.90. The van der Waals surface area contributed by atoms with Gasteiger partial charge in [-0.05, 0) is 35.9 Å². The molecular weight excluding hydrogens is 312 g/mol. The number of hydrogen-bond acceptors (Lipinski definition) is 3. The van der Waals surface area contributed by atoms with Gasteiger partial charge < -0.3 is 5.32 Å². The minimum atomic E-state index is -3.80. The topological polar surface area (TPSA) is 89.3 Å². The third-order valence-electron chi connectivity index (χ3n) is 2.79. The third kappa shape index (κ3) is 4.04. The Kier molecular flexibility index (Phi) is 4.62. The number of carbonyl (C=O) groups excluding carboxylic acids is 1. The van der Waals surface area contributed by atoms with Crippen LogP contribution in [0.4, 0.5) is 5.69 Å². The van der Waals surface area contributed by atoms with Crippen LogP contribution >= 0.6 is 11.6 Å². The van der Waals surface area contributed by atoms with Crippen LogP contribution in [-0.4, -0.2) is 14.3 Å². The summed E-state index contributed by atoms with van der Waals surface area (Å²) < 4.78 is 22.5. The van der Waals surface area contributed by atoms with E-state index in [-0.39, 0.29) is 10.8 Å². The first kappa shape index (κ1) is 15.5. The zero-order valence-corrected chi connectivity index (χ0v) is 12.5. The van der Waals surface area contributed by atoms with Gasteiger partial charge in [0.2, 0.25) is 10.0 Å². The Bertz CT molecular complexity index is 758. The van der Waals surface area contributed by atoms with Crippen LogP contribution in [0.3, 0.4) is 0 Å². The number of halogens is 1. The number of alkyl halides is 1. The maximum atomic E-state index is 12.0. The van der Waals surface area contributed by atoms with Crippen molar-refractivity contribution < 1.29 is 13.2 Å². The monoisotopic (exact) mass is 324 g/mol. The molecule has 2 aromatic rings. The number of sulfonamides is 1. The SMILES string of the molecule is NS(=O)(=O)c1cccc(NC(=O)c2ccc(CCl)cc2)c1. The quantitative estimate of drug-likeness (QED) is 0.846. The van der Waals surface area contributed by atoms with Crippen molar-refractivity contribution in [3.8, 4) is 0 Å². The third-order valence-corrected chi connectivity index (χ3v) is 4.01. The van der Waals surface area contributed by atoms with Crippen molar-refractivity contribution in [2.45, 2.75) is 10.8 Å². The summed E-state index contributed by atoms with van der Waals surface area (Å²) in [6, 6.07) is 12.6. The number of anilines is 1. The van der Waals surface area contributed by atoms with Gasteiger partial charge in [-0.3, -0.25) is 4.79 Å². The van der Waals surface area contributed by atoms with Crippen molar-refractivity contribution in [2.75, 3.05) is 5.32 Å². The lowest BCUT2D eigenvalue weighted by Gasteiger charge is -2.07. The minimum absolute atomic E-state index is 0.0576. The number of nitrogens with one attached hydrogen (secondary N) is 1. The Morgan fingerprint density at radius 3 is 2.38 bits per heavy atom. The zero-order valence-electron chi connectivity index (χ0n) is 10.9. The van der Waals surface area contributed by atoms with Gasteiger partial charge in [0, 0.05) is 17.1 Å². The molecular formula is C14H13ClN2O3S. The van der Waals surface area contributed by atoms with E-state index in [9.17, 15) is 13.2 Å². The maximum Gasteiger partial charge on any atom is 0.255 e. The van der Waals surface area contributed by atoms with Crippen LogP contribution in [0.5, 0.6) is 0 Å². The lowest BCUT2D eigenvalue weighted by Crippen LogP contribution is -2.14. The molecule has 0 bridgehead atoms. The van der Waals surface area contributed by atoms with Gasteiger partial charge in [-0.2, -0.15) is 0 Å². The van der Waals surface area contributed by atoms with Crippen LogP contribution < -0.4 is 10.5 Å². The summed E-state index contributed by atoms with van der Waals surface area (Å²) in [7, 11) is -3.80. The van der Waals surface area contributed by atoms with Gasteiger partial charge in [-0.25, -0.2) is 13.6 Å². The predicted molar refractivity (Wildman–Crippen MR) is 81.8 cm³/mol. The van der Waals surface area contributed by atoms with E-state index in [1.54, 1.807) is 30.3 Å². The number of benzene rings is 2. The van der Waals surface area contributed by atoms with Crippen molar-refractivity contribution in [3.63, 3.8) is 0 Å². The predicted octanol–water partition coefficient (Wildman–Crippen LogP) is 2.33. The van der Waals surface area contributed by atoms with Crippen molar-refractivity contribution in [1.82, 2.24) is 0 Å². The fourth-order valence-electron chi connectivity index (χ4n) is 1.70. The molecule has 110 valence electrons. The van der Waals surface area contributed by atoms with Gasteiger partial charge in [-0.1, -0.05) is 18.2 Å². The average Bonchev–Trinajstić information content (AvgIpc) is 2.47. The molecule has 0 radical (unpaired) electrons. The number of rotatable bonds is 4. The molecule has 5 nitrogen and oxygen atoms in total. The molecule has 0 aliphatic carbocycles. The fourth-order valence-corrected chi connectivity index (χ4v) is 2.44. The molecule has 0 saturated carbocycles. The van der Waals surface area contributed by atoms with Gasteiger partial charge in [0.25, 0.3) is 5.91 Å². The van der Waals surface area contributed by atoms with E-state index in [1.165, 1.54) is 18.2 Å². The number of primary sulfonamides is 1. The molecule has 0 heterocycles. The molecule has 2 aromatic carbocycles. The first-order valence-corrected chi connectivity index (χ1v) is 8.07. The number of hydrogen-bond donors (Lipinski definition) is 2. The lowest BCUT2D eigenvalue weighted by molar-refractivity contribution is 0.102. The van der Waals surface area contributed by atoms with Gasteiger partial charge >= 0.3 is 0 Å². The van der Waals surface area contributed by atoms with E-state index >= 15 is 0 Å². The van der Waals surface area contributed by atoms with Crippen molar-refractivity contribution in [2.24, 2.45) is 5.14 Å². The van der Waals surface area contributed by atoms with Crippen molar-refractivity contribution in [3.05, 3.63) is 59.7 Å². The molecule has 0 aliphatic rings. The molecule has 0 aromatic heterocycles. The smallest absolute Gasteiger partial charge is 0.255 e. The van der Waals surface area contributed by atoms with Crippen LogP contribution in [-0.2, 0) is 15.9 Å². The van der Waals surface area contributed by atoms with E-state index < -0.39 is 10.0 Å². The van der Waals surface area contributed by atoms with E-state index in [0.29, 0.717) is 17.1 Å². The van der Waals surface area contributed by atoms with Gasteiger partial charge in [0.05, 0.1) is 4.90 Å². The van der Waals surface area contributed by atoms with E-state index in [0.717, 1.165) is 5.56 Å². The summed E-state index contributed by atoms with van der Waals surface area (Å²) in [5, 5.41) is 7.66. The maximum absolute atomic E-state index is 12.0. The summed E-state index contributed by atoms with van der Waals surface area (Å²) in [5.74, 6) is 0.0286. The second-order valence-electron chi connectivity index (χ2n) is 4.36. The van der Waals surface area contributed by atoms with Gasteiger partial charge in [0.15, 0.2) is 0 Å². The molecule has 0 spiro atoms. The molecule has 21 heavy (non-hydrogen) atoms. The summed E-state index contributed by atoms with van der Waals surface area (Å²) in [5.41, 5.74) is 1.71. The zero-order chi connectivity index (χ0) is 15.5. The summed E-state index contributed by atoms with van der Waals surface area (Å²) in [4.78, 5) is 12.0. The second kappa shape index (κ2) is 6.26. The van der Waals surface area contributed by atoms with Crippen LogP contribution in [0.25, 0.3) is 0 Å². The van der Waals surface area contributed by atoms with Crippen LogP contribution in [0.2, 0.25) is 0 Å². The first-order valence-electron chi connectivity index (χ1n) is 5.99. The molecule has 7 heteroatoms. The molecule has 3 N–H and O–H groups in total. The van der Waals surface area contributed by atoms with Crippen LogP contribution in [0.15, 0.2) is 53.4 Å². The number of nitrogens with two attached hydrogens (primary N) is 1. The average molecular weight is 325 g/mol. The molecule has 0 unspecified atom stereocenters. The summed E-state index contributed by atoms with van der Waals surface area (Å²) in [6.45, 7) is 0. The number of carbonyl (C=O) groups is 1. The number of amides is 1.